The van der Waals surface area contributed by atoms with E-state index in [1.165, 1.54) is 13.0 Å². The number of hydrogen-bond donors (Lipinski definition) is 1. The number of nitrogens with one attached hydrogen (secondary N) is 1. The second-order valence-electron chi connectivity index (χ2n) is 7.61. The Hall–Kier alpha value is -3.54. The average molecular weight is 527 g/mol. The third-order valence-corrected chi connectivity index (χ3v) is 6.60. The van der Waals surface area contributed by atoms with Crippen LogP contribution in [-0.4, -0.2) is 45.5 Å². The Morgan fingerprint density at radius 2 is 1.81 bits per heavy atom. The van der Waals surface area contributed by atoms with Crippen molar-refractivity contribution in [2.24, 2.45) is 0 Å². The van der Waals surface area contributed by atoms with Gasteiger partial charge in [-0.1, -0.05) is 19.1 Å². The molecule has 0 saturated heterocycles. The highest BCUT2D eigenvalue weighted by molar-refractivity contribution is 7.92. The van der Waals surface area contributed by atoms with Crippen molar-refractivity contribution in [3.63, 3.8) is 0 Å². The van der Waals surface area contributed by atoms with Crippen molar-refractivity contribution >= 4 is 32.6 Å². The molecule has 1 N–H and O–H groups in total. The molecule has 3 aromatic rings. The van der Waals surface area contributed by atoms with E-state index >= 15 is 0 Å². The van der Waals surface area contributed by atoms with E-state index in [2.05, 4.69) is 14.4 Å². The summed E-state index contributed by atoms with van der Waals surface area (Å²) in [4.78, 5) is 15.9. The van der Waals surface area contributed by atoms with Crippen molar-refractivity contribution in [3.05, 3.63) is 59.0 Å². The van der Waals surface area contributed by atoms with Crippen LogP contribution in [0.3, 0.4) is 0 Å². The van der Waals surface area contributed by atoms with E-state index in [-0.39, 0.29) is 46.6 Å². The number of rotatable bonds is 11. The number of alkyl halides is 2. The molecular weight excluding hydrogens is 501 g/mol. The number of fused-ring (bicyclic) bond motifs is 1. The first-order valence-electron chi connectivity index (χ1n) is 11.0. The number of anilines is 1. The Labute approximate surface area is 206 Å². The van der Waals surface area contributed by atoms with Gasteiger partial charge in [-0.25, -0.2) is 22.6 Å². The maximum absolute atomic E-state index is 14.7. The SMILES string of the molecule is CCc1nc2c(F)ccc(OCC(=O)OC)c2c(OC(F)F)c1Cc1ccc(NS(=O)(=O)CC)cc1. The van der Waals surface area contributed by atoms with Gasteiger partial charge in [0.05, 0.1) is 18.2 Å². The van der Waals surface area contributed by atoms with Crippen molar-refractivity contribution in [3.8, 4) is 11.5 Å². The molecule has 0 saturated carbocycles. The number of sulfonamides is 1. The van der Waals surface area contributed by atoms with E-state index in [0.29, 0.717) is 16.9 Å². The summed E-state index contributed by atoms with van der Waals surface area (Å²) in [5, 5.41) is -0.140. The summed E-state index contributed by atoms with van der Waals surface area (Å²) in [6.07, 6.45) is 0.355. The maximum atomic E-state index is 14.7. The van der Waals surface area contributed by atoms with Gasteiger partial charge in [0.1, 0.15) is 22.8 Å². The van der Waals surface area contributed by atoms with E-state index in [0.717, 1.165) is 13.2 Å². The van der Waals surface area contributed by atoms with Gasteiger partial charge in [0.15, 0.2) is 6.61 Å². The fourth-order valence-electron chi connectivity index (χ4n) is 3.52. The van der Waals surface area contributed by atoms with Crippen molar-refractivity contribution in [1.29, 1.82) is 0 Å². The Morgan fingerprint density at radius 1 is 1.11 bits per heavy atom. The van der Waals surface area contributed by atoms with Crippen LogP contribution in [-0.2, 0) is 32.4 Å². The number of benzene rings is 2. The molecule has 0 fully saturated rings. The standard InChI is InChI=1S/C24H25F3N2O6S/c1-4-18-16(12-14-6-8-15(9-7-14)29-36(31,32)5-2)23(35-24(26)27)21-19(34-13-20(30)33-3)11-10-17(25)22(21)28-18/h6-11,24,29H,4-5,12-13H2,1-3H3. The minimum Gasteiger partial charge on any atom is -0.481 e. The van der Waals surface area contributed by atoms with Gasteiger partial charge in [0.25, 0.3) is 0 Å². The van der Waals surface area contributed by atoms with Gasteiger partial charge in [0.2, 0.25) is 10.0 Å². The Balaban J connectivity index is 2.13. The van der Waals surface area contributed by atoms with E-state index in [1.54, 1.807) is 31.2 Å². The first-order valence-corrected chi connectivity index (χ1v) is 12.6. The molecule has 8 nitrogen and oxygen atoms in total. The zero-order valence-electron chi connectivity index (χ0n) is 19.8. The predicted octanol–water partition coefficient (Wildman–Crippen LogP) is 4.44. The van der Waals surface area contributed by atoms with E-state index in [1.807, 2.05) is 0 Å². The number of aromatic nitrogens is 1. The van der Waals surface area contributed by atoms with Crippen LogP contribution in [0.15, 0.2) is 36.4 Å². The maximum Gasteiger partial charge on any atom is 0.387 e. The number of aryl methyl sites for hydroxylation is 1. The predicted molar refractivity (Wildman–Crippen MR) is 128 cm³/mol. The zero-order chi connectivity index (χ0) is 26.5. The van der Waals surface area contributed by atoms with Gasteiger partial charge in [-0.05, 0) is 43.2 Å². The van der Waals surface area contributed by atoms with Gasteiger partial charge in [-0.15, -0.1) is 0 Å². The Kier molecular flexibility index (Phi) is 8.62. The fourth-order valence-corrected chi connectivity index (χ4v) is 4.16. The van der Waals surface area contributed by atoms with E-state index in [4.69, 9.17) is 9.47 Å². The summed E-state index contributed by atoms with van der Waals surface area (Å²) in [5.74, 6) is -1.98. The van der Waals surface area contributed by atoms with Crippen LogP contribution in [0.4, 0.5) is 18.9 Å². The van der Waals surface area contributed by atoms with Crippen LogP contribution in [0.2, 0.25) is 0 Å². The molecule has 0 bridgehead atoms. The Morgan fingerprint density at radius 3 is 2.39 bits per heavy atom. The minimum atomic E-state index is -3.47. The number of pyridine rings is 1. The number of halogens is 3. The number of carbonyl (C=O) groups is 1. The second-order valence-corrected chi connectivity index (χ2v) is 9.62. The van der Waals surface area contributed by atoms with Gasteiger partial charge >= 0.3 is 12.6 Å². The molecule has 1 aromatic heterocycles. The molecule has 12 heteroatoms. The highest BCUT2D eigenvalue weighted by Gasteiger charge is 2.24. The van der Waals surface area contributed by atoms with Crippen molar-refractivity contribution in [2.45, 2.75) is 33.3 Å². The van der Waals surface area contributed by atoms with Crippen LogP contribution in [0, 0.1) is 5.82 Å². The number of methoxy groups -OCH3 is 1. The molecule has 36 heavy (non-hydrogen) atoms. The molecule has 1 heterocycles. The van der Waals surface area contributed by atoms with Gasteiger partial charge < -0.3 is 14.2 Å². The zero-order valence-corrected chi connectivity index (χ0v) is 20.6. The molecular formula is C24H25F3N2O6S. The highest BCUT2D eigenvalue weighted by Crippen LogP contribution is 2.40. The van der Waals surface area contributed by atoms with Crippen LogP contribution >= 0.6 is 0 Å². The molecule has 0 atom stereocenters. The molecule has 0 aliphatic rings. The topological polar surface area (TPSA) is 104 Å². The third kappa shape index (κ3) is 6.36. The summed E-state index contributed by atoms with van der Waals surface area (Å²) in [6.45, 7) is -0.527. The number of nitrogens with zero attached hydrogens (tertiary/aromatic N) is 1. The molecule has 0 radical (unpaired) electrons. The van der Waals surface area contributed by atoms with Gasteiger partial charge in [-0.2, -0.15) is 8.78 Å². The number of esters is 1. The lowest BCUT2D eigenvalue weighted by molar-refractivity contribution is -0.142. The van der Waals surface area contributed by atoms with Crippen LogP contribution < -0.4 is 14.2 Å². The van der Waals surface area contributed by atoms with E-state index in [9.17, 15) is 26.4 Å². The van der Waals surface area contributed by atoms with E-state index < -0.39 is 35.0 Å². The minimum absolute atomic E-state index is 0.0714. The molecule has 0 amide bonds. The lowest BCUT2D eigenvalue weighted by Crippen LogP contribution is -2.14. The average Bonchev–Trinajstić information content (AvgIpc) is 2.85. The summed E-state index contributed by atoms with van der Waals surface area (Å²) in [6, 6.07) is 8.60. The molecule has 0 unspecified atom stereocenters. The van der Waals surface area contributed by atoms with Crippen LogP contribution in [0.1, 0.15) is 30.7 Å². The summed E-state index contributed by atoms with van der Waals surface area (Å²) in [5.41, 5.74) is 1.35. The first kappa shape index (κ1) is 27.1. The van der Waals surface area contributed by atoms with Crippen molar-refractivity contribution in [2.75, 3.05) is 24.2 Å². The molecule has 0 aliphatic carbocycles. The number of ether oxygens (including phenoxy) is 3. The molecule has 194 valence electrons. The quantitative estimate of drug-likeness (QED) is 0.369. The molecule has 3 rings (SSSR count). The largest absolute Gasteiger partial charge is 0.481 e. The van der Waals surface area contributed by atoms with Crippen molar-refractivity contribution in [1.82, 2.24) is 4.98 Å². The third-order valence-electron chi connectivity index (χ3n) is 5.29. The van der Waals surface area contributed by atoms with Crippen LogP contribution in [0.5, 0.6) is 11.5 Å². The fraction of sp³-hybridized carbons (Fsp3) is 0.333. The number of hydrogen-bond acceptors (Lipinski definition) is 7. The summed E-state index contributed by atoms with van der Waals surface area (Å²) >= 11 is 0. The normalized spacial score (nSPS) is 11.5. The second kappa shape index (κ2) is 11.5. The first-order chi connectivity index (χ1) is 17.1. The lowest BCUT2D eigenvalue weighted by atomic mass is 9.98. The molecule has 0 aliphatic heterocycles. The van der Waals surface area contributed by atoms with Crippen molar-refractivity contribution < 1.29 is 40.6 Å². The van der Waals surface area contributed by atoms with Crippen LogP contribution in [0.25, 0.3) is 10.9 Å². The van der Waals surface area contributed by atoms with Gasteiger partial charge in [-0.3, -0.25) is 4.72 Å². The lowest BCUT2D eigenvalue weighted by Gasteiger charge is -2.19. The molecule has 0 spiro atoms. The molecule has 2 aromatic carbocycles. The summed E-state index contributed by atoms with van der Waals surface area (Å²) in [7, 11) is -2.31. The highest BCUT2D eigenvalue weighted by atomic mass is 32.2. The smallest absolute Gasteiger partial charge is 0.387 e. The van der Waals surface area contributed by atoms with Gasteiger partial charge in [0, 0.05) is 23.4 Å². The summed E-state index contributed by atoms with van der Waals surface area (Å²) < 4.78 is 82.7. The monoisotopic (exact) mass is 526 g/mol. The Bertz CT molecular complexity index is 1350. The number of carbonyl (C=O) groups excluding carboxylic acids is 1.